The summed E-state index contributed by atoms with van der Waals surface area (Å²) < 4.78 is 0. The van der Waals surface area contributed by atoms with Crippen molar-refractivity contribution in [1.82, 2.24) is 10.6 Å². The summed E-state index contributed by atoms with van der Waals surface area (Å²) >= 11 is 5.97. The second-order valence-electron chi connectivity index (χ2n) is 5.60. The van der Waals surface area contributed by atoms with E-state index in [-0.39, 0.29) is 24.4 Å². The van der Waals surface area contributed by atoms with E-state index in [0.29, 0.717) is 10.6 Å². The Hall–Kier alpha value is -2.33. The first-order valence-electron chi connectivity index (χ1n) is 7.90. The van der Waals surface area contributed by atoms with E-state index in [4.69, 9.17) is 11.6 Å². The van der Waals surface area contributed by atoms with E-state index in [2.05, 4.69) is 10.6 Å². The van der Waals surface area contributed by atoms with Gasteiger partial charge in [-0.05, 0) is 31.0 Å². The molecule has 0 aliphatic heterocycles. The minimum absolute atomic E-state index is 0.0738. The van der Waals surface area contributed by atoms with Gasteiger partial charge in [0, 0.05) is 0 Å². The third-order valence-electron chi connectivity index (χ3n) is 3.75. The van der Waals surface area contributed by atoms with Crippen LogP contribution in [0.25, 0.3) is 0 Å². The van der Waals surface area contributed by atoms with E-state index in [1.807, 2.05) is 38.1 Å². The Kier molecular flexibility index (Phi) is 6.38. The Morgan fingerprint density at radius 3 is 2.38 bits per heavy atom. The van der Waals surface area contributed by atoms with Gasteiger partial charge in [-0.15, -0.1) is 0 Å². The van der Waals surface area contributed by atoms with Crippen molar-refractivity contribution in [2.75, 3.05) is 6.54 Å². The van der Waals surface area contributed by atoms with Gasteiger partial charge in [-0.2, -0.15) is 0 Å². The number of halogens is 1. The first kappa shape index (κ1) is 18.0. The topological polar surface area (TPSA) is 58.2 Å². The Balaban J connectivity index is 1.91. The van der Waals surface area contributed by atoms with Crippen LogP contribution in [0, 0.1) is 6.92 Å². The molecule has 2 amide bonds. The molecule has 2 aromatic rings. The molecule has 2 aromatic carbocycles. The van der Waals surface area contributed by atoms with Crippen molar-refractivity contribution in [3.05, 3.63) is 70.2 Å². The monoisotopic (exact) mass is 344 g/mol. The summed E-state index contributed by atoms with van der Waals surface area (Å²) in [7, 11) is 0. The Labute approximate surface area is 147 Å². The Morgan fingerprint density at radius 1 is 1.08 bits per heavy atom. The van der Waals surface area contributed by atoms with Crippen LogP contribution in [0.3, 0.4) is 0 Å². The fraction of sp³-hybridized carbons (Fsp3) is 0.263. The maximum atomic E-state index is 12.1. The summed E-state index contributed by atoms with van der Waals surface area (Å²) in [6.45, 7) is 3.94. The van der Waals surface area contributed by atoms with Gasteiger partial charge in [0.25, 0.3) is 5.91 Å². The van der Waals surface area contributed by atoms with Crippen LogP contribution in [0.15, 0.2) is 48.5 Å². The number of benzene rings is 2. The number of amides is 2. The fourth-order valence-corrected chi connectivity index (χ4v) is 2.59. The minimum atomic E-state index is -0.362. The third-order valence-corrected chi connectivity index (χ3v) is 4.08. The number of rotatable bonds is 6. The number of hydrogen-bond acceptors (Lipinski definition) is 2. The van der Waals surface area contributed by atoms with Crippen LogP contribution in [0.2, 0.25) is 5.02 Å². The van der Waals surface area contributed by atoms with Gasteiger partial charge in [-0.25, -0.2) is 0 Å². The van der Waals surface area contributed by atoms with Crippen LogP contribution in [-0.2, 0) is 4.79 Å². The maximum absolute atomic E-state index is 12.1. The van der Waals surface area contributed by atoms with Gasteiger partial charge in [0.2, 0.25) is 5.91 Å². The van der Waals surface area contributed by atoms with Crippen LogP contribution < -0.4 is 10.6 Å². The molecule has 4 nitrogen and oxygen atoms in total. The number of nitrogens with one attached hydrogen (secondary N) is 2. The molecule has 0 unspecified atom stereocenters. The molecule has 2 rings (SSSR count). The first-order chi connectivity index (χ1) is 11.5. The molecule has 0 spiro atoms. The predicted molar refractivity (Wildman–Crippen MR) is 96.1 cm³/mol. The van der Waals surface area contributed by atoms with Gasteiger partial charge >= 0.3 is 0 Å². The van der Waals surface area contributed by atoms with Crippen LogP contribution in [-0.4, -0.2) is 18.4 Å². The summed E-state index contributed by atoms with van der Waals surface area (Å²) in [5.74, 6) is -0.595. The van der Waals surface area contributed by atoms with Crippen LogP contribution >= 0.6 is 11.6 Å². The van der Waals surface area contributed by atoms with Crippen molar-refractivity contribution >= 4 is 23.4 Å². The van der Waals surface area contributed by atoms with Crippen LogP contribution in [0.4, 0.5) is 0 Å². The van der Waals surface area contributed by atoms with Gasteiger partial charge in [0.05, 0.1) is 23.2 Å². The molecular formula is C19H21ClN2O2. The van der Waals surface area contributed by atoms with Crippen LogP contribution in [0.5, 0.6) is 0 Å². The molecule has 0 saturated carbocycles. The molecule has 24 heavy (non-hydrogen) atoms. The molecule has 0 bridgehead atoms. The molecule has 0 aliphatic carbocycles. The zero-order valence-corrected chi connectivity index (χ0v) is 14.6. The van der Waals surface area contributed by atoms with Crippen molar-refractivity contribution in [1.29, 1.82) is 0 Å². The molecule has 1 atom stereocenters. The number of aryl methyl sites for hydroxylation is 1. The zero-order valence-electron chi connectivity index (χ0n) is 13.8. The van der Waals surface area contributed by atoms with E-state index in [1.54, 1.807) is 24.3 Å². The molecule has 0 saturated heterocycles. The van der Waals surface area contributed by atoms with Gasteiger partial charge in [-0.3, -0.25) is 9.59 Å². The highest BCUT2D eigenvalue weighted by molar-refractivity contribution is 6.33. The highest BCUT2D eigenvalue weighted by Crippen LogP contribution is 2.17. The van der Waals surface area contributed by atoms with E-state index in [1.165, 1.54) is 5.56 Å². The lowest BCUT2D eigenvalue weighted by Crippen LogP contribution is -2.38. The third kappa shape index (κ3) is 4.83. The first-order valence-corrected chi connectivity index (χ1v) is 8.27. The molecule has 126 valence electrons. The summed E-state index contributed by atoms with van der Waals surface area (Å²) in [5.41, 5.74) is 2.58. The minimum Gasteiger partial charge on any atom is -0.348 e. The lowest BCUT2D eigenvalue weighted by molar-refractivity contribution is -0.120. The molecule has 2 N–H and O–H groups in total. The van der Waals surface area contributed by atoms with E-state index >= 15 is 0 Å². The molecule has 0 heterocycles. The summed E-state index contributed by atoms with van der Waals surface area (Å²) in [6.07, 6.45) is 0.771. The van der Waals surface area contributed by atoms with E-state index in [9.17, 15) is 9.59 Å². The second kappa shape index (κ2) is 8.50. The van der Waals surface area contributed by atoms with Crippen molar-refractivity contribution in [2.45, 2.75) is 26.3 Å². The average molecular weight is 345 g/mol. The second-order valence-corrected chi connectivity index (χ2v) is 6.01. The van der Waals surface area contributed by atoms with E-state index < -0.39 is 0 Å². The van der Waals surface area contributed by atoms with Gasteiger partial charge in [-0.1, -0.05) is 60.5 Å². The molecule has 0 radical (unpaired) electrons. The van der Waals surface area contributed by atoms with Crippen molar-refractivity contribution in [3.63, 3.8) is 0 Å². The fourth-order valence-electron chi connectivity index (χ4n) is 2.37. The summed E-state index contributed by atoms with van der Waals surface area (Å²) in [6, 6.07) is 14.7. The van der Waals surface area contributed by atoms with Crippen LogP contribution in [0.1, 0.15) is 40.9 Å². The number of carbonyl (C=O) groups is 2. The molecule has 5 heteroatoms. The lowest BCUT2D eigenvalue weighted by atomic mass is 10.0. The Bertz CT molecular complexity index is 714. The molecule has 0 aromatic heterocycles. The van der Waals surface area contributed by atoms with Gasteiger partial charge < -0.3 is 10.6 Å². The highest BCUT2D eigenvalue weighted by atomic mass is 35.5. The van der Waals surface area contributed by atoms with Crippen molar-refractivity contribution in [3.8, 4) is 0 Å². The summed E-state index contributed by atoms with van der Waals surface area (Å²) in [5, 5.41) is 5.89. The van der Waals surface area contributed by atoms with Crippen molar-refractivity contribution in [2.24, 2.45) is 0 Å². The predicted octanol–water partition coefficient (Wildman–Crippen LogP) is 3.65. The standard InChI is InChI=1S/C19H21ClN2O2/c1-3-17(14-10-8-13(2)9-11-14)22-18(23)12-21-19(24)15-6-4-5-7-16(15)20/h4-11,17H,3,12H2,1-2H3,(H,21,24)(H,22,23)/t17-/m0/s1. The van der Waals surface area contributed by atoms with Gasteiger partial charge in [0.1, 0.15) is 0 Å². The average Bonchev–Trinajstić information content (AvgIpc) is 2.59. The van der Waals surface area contributed by atoms with Gasteiger partial charge in [0.15, 0.2) is 0 Å². The quantitative estimate of drug-likeness (QED) is 0.840. The van der Waals surface area contributed by atoms with Crippen molar-refractivity contribution < 1.29 is 9.59 Å². The highest BCUT2D eigenvalue weighted by Gasteiger charge is 2.14. The SMILES string of the molecule is CC[C@H](NC(=O)CNC(=O)c1ccccc1Cl)c1ccc(C)cc1. The lowest BCUT2D eigenvalue weighted by Gasteiger charge is -2.18. The smallest absolute Gasteiger partial charge is 0.253 e. The molecule has 0 aliphatic rings. The summed E-state index contributed by atoms with van der Waals surface area (Å²) in [4.78, 5) is 24.2. The largest absolute Gasteiger partial charge is 0.348 e. The number of hydrogen-bond donors (Lipinski definition) is 2. The normalized spacial score (nSPS) is 11.6. The number of carbonyl (C=O) groups excluding carboxylic acids is 2. The molecule has 0 fully saturated rings. The Morgan fingerprint density at radius 2 is 1.75 bits per heavy atom. The molecular weight excluding hydrogens is 324 g/mol. The zero-order chi connectivity index (χ0) is 17.5. The maximum Gasteiger partial charge on any atom is 0.253 e. The van der Waals surface area contributed by atoms with E-state index in [0.717, 1.165) is 12.0 Å².